The van der Waals surface area contributed by atoms with Gasteiger partial charge in [-0.3, -0.25) is 9.89 Å². The number of aromatic amines is 1. The minimum absolute atomic E-state index is 0.00287. The highest BCUT2D eigenvalue weighted by atomic mass is 16.2. The second-order valence-electron chi connectivity index (χ2n) is 4.40. The molecule has 0 aliphatic carbocycles. The van der Waals surface area contributed by atoms with Crippen LogP contribution in [0.1, 0.15) is 43.5 Å². The molecule has 2 atom stereocenters. The summed E-state index contributed by atoms with van der Waals surface area (Å²) >= 11 is 0. The fraction of sp³-hybridized carbons (Fsp3) is 0.636. The molecule has 2 heterocycles. The highest BCUT2D eigenvalue weighted by Crippen LogP contribution is 2.28. The van der Waals surface area contributed by atoms with Gasteiger partial charge < -0.3 is 10.6 Å². The Hall–Kier alpha value is -1.52. The van der Waals surface area contributed by atoms with Crippen molar-refractivity contribution in [2.75, 3.05) is 5.73 Å². The van der Waals surface area contributed by atoms with Crippen LogP contribution in [0.2, 0.25) is 0 Å². The van der Waals surface area contributed by atoms with E-state index in [1.807, 2.05) is 4.90 Å². The minimum Gasteiger partial charge on any atom is -0.383 e. The van der Waals surface area contributed by atoms with E-state index in [9.17, 15) is 4.79 Å². The number of amides is 1. The molecular formula is C11H18N4O. The second kappa shape index (κ2) is 4.15. The van der Waals surface area contributed by atoms with E-state index in [1.165, 1.54) is 6.20 Å². The molecule has 2 unspecified atom stereocenters. The van der Waals surface area contributed by atoms with Crippen molar-refractivity contribution >= 4 is 11.7 Å². The van der Waals surface area contributed by atoms with Gasteiger partial charge in [0.25, 0.3) is 5.91 Å². The van der Waals surface area contributed by atoms with E-state index >= 15 is 0 Å². The number of H-pyrrole nitrogens is 1. The molecule has 0 bridgehead atoms. The van der Waals surface area contributed by atoms with Crippen molar-refractivity contribution in [2.24, 2.45) is 0 Å². The lowest BCUT2D eigenvalue weighted by Gasteiger charge is -2.27. The summed E-state index contributed by atoms with van der Waals surface area (Å²) in [4.78, 5) is 14.2. The summed E-state index contributed by atoms with van der Waals surface area (Å²) in [5, 5.41) is 6.39. The van der Waals surface area contributed by atoms with Crippen LogP contribution in [0.4, 0.5) is 5.82 Å². The molecule has 1 aromatic heterocycles. The maximum absolute atomic E-state index is 12.3. The maximum Gasteiger partial charge on any atom is 0.259 e. The number of nitrogens with one attached hydrogen (secondary N) is 1. The minimum atomic E-state index is 0.00287. The average Bonchev–Trinajstić information content (AvgIpc) is 2.83. The summed E-state index contributed by atoms with van der Waals surface area (Å²) in [6.07, 6.45) is 4.66. The van der Waals surface area contributed by atoms with E-state index < -0.39 is 0 Å². The Labute approximate surface area is 95.0 Å². The van der Waals surface area contributed by atoms with E-state index in [1.54, 1.807) is 0 Å². The first-order valence-electron chi connectivity index (χ1n) is 5.76. The van der Waals surface area contributed by atoms with Crippen molar-refractivity contribution in [3.63, 3.8) is 0 Å². The van der Waals surface area contributed by atoms with E-state index in [0.29, 0.717) is 23.5 Å². The Bertz CT molecular complexity index is 387. The quantitative estimate of drug-likeness (QED) is 0.794. The van der Waals surface area contributed by atoms with Crippen molar-refractivity contribution in [1.29, 1.82) is 0 Å². The Kier molecular flexibility index (Phi) is 2.85. The van der Waals surface area contributed by atoms with Crippen LogP contribution < -0.4 is 5.73 Å². The summed E-state index contributed by atoms with van der Waals surface area (Å²) in [5.41, 5.74) is 6.17. The van der Waals surface area contributed by atoms with E-state index in [0.717, 1.165) is 19.3 Å². The lowest BCUT2D eigenvalue weighted by atomic mass is 10.1. The van der Waals surface area contributed by atoms with E-state index in [2.05, 4.69) is 24.0 Å². The summed E-state index contributed by atoms with van der Waals surface area (Å²) in [7, 11) is 0. The number of nitrogens with two attached hydrogens (primary N) is 1. The van der Waals surface area contributed by atoms with Crippen LogP contribution in [0.3, 0.4) is 0 Å². The van der Waals surface area contributed by atoms with Gasteiger partial charge >= 0.3 is 0 Å². The van der Waals surface area contributed by atoms with E-state index in [4.69, 9.17) is 5.73 Å². The van der Waals surface area contributed by atoms with Crippen molar-refractivity contribution in [3.05, 3.63) is 11.8 Å². The summed E-state index contributed by atoms with van der Waals surface area (Å²) in [6.45, 7) is 4.20. The van der Waals surface area contributed by atoms with Crippen LogP contribution in [0, 0.1) is 0 Å². The molecule has 3 N–H and O–H groups in total. The lowest BCUT2D eigenvalue weighted by molar-refractivity contribution is 0.0677. The smallest absolute Gasteiger partial charge is 0.259 e. The standard InChI is InChI=1S/C11H18N4O/c1-3-8-5-4-7(2)15(8)11(16)9-6-13-14-10(9)12/h6-8H,3-5H2,1-2H3,(H3,12,13,14). The number of carbonyl (C=O) groups is 1. The molecule has 0 aromatic carbocycles. The third-order valence-electron chi connectivity index (χ3n) is 3.39. The SMILES string of the molecule is CCC1CCC(C)N1C(=O)c1cn[nH]c1N. The van der Waals surface area contributed by atoms with Crippen LogP contribution in [-0.2, 0) is 0 Å². The van der Waals surface area contributed by atoms with Crippen LogP contribution >= 0.6 is 0 Å². The van der Waals surface area contributed by atoms with E-state index in [-0.39, 0.29) is 5.91 Å². The zero-order valence-corrected chi connectivity index (χ0v) is 9.73. The molecule has 88 valence electrons. The molecule has 1 aliphatic rings. The fourth-order valence-corrected chi connectivity index (χ4v) is 2.44. The van der Waals surface area contributed by atoms with Gasteiger partial charge in [0.1, 0.15) is 11.4 Å². The van der Waals surface area contributed by atoms with Gasteiger partial charge in [-0.2, -0.15) is 5.10 Å². The van der Waals surface area contributed by atoms with Crippen molar-refractivity contribution in [2.45, 2.75) is 45.2 Å². The van der Waals surface area contributed by atoms with Gasteiger partial charge in [-0.15, -0.1) is 0 Å². The van der Waals surface area contributed by atoms with Crippen LogP contribution in [0.5, 0.6) is 0 Å². The predicted octanol–water partition coefficient (Wildman–Crippen LogP) is 1.39. The third-order valence-corrected chi connectivity index (χ3v) is 3.39. The van der Waals surface area contributed by atoms with Gasteiger partial charge in [-0.1, -0.05) is 6.92 Å². The molecule has 5 heteroatoms. The molecule has 0 saturated carbocycles. The first-order valence-corrected chi connectivity index (χ1v) is 5.76. The number of hydrogen-bond acceptors (Lipinski definition) is 3. The zero-order chi connectivity index (χ0) is 11.7. The molecule has 1 fully saturated rings. The Morgan fingerprint density at radius 2 is 2.44 bits per heavy atom. The molecule has 1 saturated heterocycles. The Balaban J connectivity index is 2.24. The third kappa shape index (κ3) is 1.66. The number of rotatable bonds is 2. The highest BCUT2D eigenvalue weighted by Gasteiger charge is 2.34. The first-order chi connectivity index (χ1) is 7.65. The van der Waals surface area contributed by atoms with Gasteiger partial charge in [0.15, 0.2) is 0 Å². The van der Waals surface area contributed by atoms with Crippen LogP contribution in [-0.4, -0.2) is 33.1 Å². The van der Waals surface area contributed by atoms with Crippen molar-refractivity contribution in [1.82, 2.24) is 15.1 Å². The monoisotopic (exact) mass is 222 g/mol. The Morgan fingerprint density at radius 1 is 1.69 bits per heavy atom. The van der Waals surface area contributed by atoms with Crippen LogP contribution in [0.25, 0.3) is 0 Å². The molecule has 1 aromatic rings. The van der Waals surface area contributed by atoms with Gasteiger partial charge in [0, 0.05) is 12.1 Å². The number of likely N-dealkylation sites (tertiary alicyclic amines) is 1. The number of aromatic nitrogens is 2. The predicted molar refractivity (Wildman–Crippen MR) is 61.9 cm³/mol. The van der Waals surface area contributed by atoms with Crippen molar-refractivity contribution < 1.29 is 4.79 Å². The molecule has 0 spiro atoms. The maximum atomic E-state index is 12.3. The summed E-state index contributed by atoms with van der Waals surface area (Å²) < 4.78 is 0. The summed E-state index contributed by atoms with van der Waals surface area (Å²) in [6, 6.07) is 0.642. The number of hydrogen-bond donors (Lipinski definition) is 2. The van der Waals surface area contributed by atoms with Crippen molar-refractivity contribution in [3.8, 4) is 0 Å². The topological polar surface area (TPSA) is 75.0 Å². The highest BCUT2D eigenvalue weighted by molar-refractivity contribution is 5.98. The molecule has 16 heavy (non-hydrogen) atoms. The van der Waals surface area contributed by atoms with Gasteiger partial charge in [0.05, 0.1) is 6.20 Å². The second-order valence-corrected chi connectivity index (χ2v) is 4.40. The van der Waals surface area contributed by atoms with Gasteiger partial charge in [0.2, 0.25) is 0 Å². The number of nitrogen functional groups attached to an aromatic ring is 1. The average molecular weight is 222 g/mol. The largest absolute Gasteiger partial charge is 0.383 e. The van der Waals surface area contributed by atoms with Crippen LogP contribution in [0.15, 0.2) is 6.20 Å². The lowest BCUT2D eigenvalue weighted by Crippen LogP contribution is -2.39. The molecule has 1 amide bonds. The first kappa shape index (κ1) is 11.0. The molecule has 0 radical (unpaired) electrons. The number of anilines is 1. The molecular weight excluding hydrogens is 204 g/mol. The summed E-state index contributed by atoms with van der Waals surface area (Å²) in [5.74, 6) is 0.363. The number of nitrogens with zero attached hydrogens (tertiary/aromatic N) is 2. The molecule has 5 nitrogen and oxygen atoms in total. The number of carbonyl (C=O) groups excluding carboxylic acids is 1. The molecule has 1 aliphatic heterocycles. The fourth-order valence-electron chi connectivity index (χ4n) is 2.44. The van der Waals surface area contributed by atoms with Gasteiger partial charge in [-0.05, 0) is 26.2 Å². The molecule has 2 rings (SSSR count). The zero-order valence-electron chi connectivity index (χ0n) is 9.73. The Morgan fingerprint density at radius 3 is 3.00 bits per heavy atom. The normalized spacial score (nSPS) is 25.0. The van der Waals surface area contributed by atoms with Gasteiger partial charge in [-0.25, -0.2) is 0 Å².